The number of aryl methyl sites for hydroxylation is 2. The van der Waals surface area contributed by atoms with Gasteiger partial charge >= 0.3 is 0 Å². The maximum atomic E-state index is 12.8. The third-order valence-corrected chi connectivity index (χ3v) is 5.01. The Kier molecular flexibility index (Phi) is 6.37. The SMILES string of the molecule is Cc1noc(C)c1COc1cccc(C(=O)N(C)Cc2cc([N+](=O)[O-])ccc2Cl)c1. The lowest BCUT2D eigenvalue weighted by molar-refractivity contribution is -0.384. The van der Waals surface area contributed by atoms with E-state index in [0.29, 0.717) is 27.7 Å². The number of nitrogens with zero attached hydrogens (tertiary/aromatic N) is 3. The minimum atomic E-state index is -0.499. The Morgan fingerprint density at radius 3 is 2.70 bits per heavy atom. The maximum absolute atomic E-state index is 12.8. The van der Waals surface area contributed by atoms with Gasteiger partial charge in [0.05, 0.1) is 16.2 Å². The Balaban J connectivity index is 1.71. The second-order valence-electron chi connectivity index (χ2n) is 6.81. The van der Waals surface area contributed by atoms with Crippen LogP contribution in [0, 0.1) is 24.0 Å². The van der Waals surface area contributed by atoms with Gasteiger partial charge in [-0.05, 0) is 43.7 Å². The standard InChI is InChI=1S/C21H20ClN3O5/c1-13-19(14(2)30-23-13)12-29-18-6-4-5-15(10-18)21(26)24(3)11-16-9-17(25(27)28)7-8-20(16)22/h4-10H,11-12H2,1-3H3. The molecule has 1 aromatic heterocycles. The van der Waals surface area contributed by atoms with Crippen LogP contribution in [0.4, 0.5) is 5.69 Å². The van der Waals surface area contributed by atoms with Crippen LogP contribution in [0.15, 0.2) is 47.0 Å². The quantitative estimate of drug-likeness (QED) is 0.398. The predicted molar refractivity (Wildman–Crippen MR) is 111 cm³/mol. The number of halogens is 1. The van der Waals surface area contributed by atoms with Crippen molar-refractivity contribution in [1.29, 1.82) is 0 Å². The van der Waals surface area contributed by atoms with Crippen LogP contribution in [-0.2, 0) is 13.2 Å². The molecule has 30 heavy (non-hydrogen) atoms. The van der Waals surface area contributed by atoms with Gasteiger partial charge in [0.2, 0.25) is 0 Å². The van der Waals surface area contributed by atoms with E-state index in [1.54, 1.807) is 31.3 Å². The zero-order chi connectivity index (χ0) is 21.8. The smallest absolute Gasteiger partial charge is 0.269 e. The van der Waals surface area contributed by atoms with Crippen molar-refractivity contribution in [1.82, 2.24) is 10.1 Å². The highest BCUT2D eigenvalue weighted by molar-refractivity contribution is 6.31. The fraction of sp³-hybridized carbons (Fsp3) is 0.238. The summed E-state index contributed by atoms with van der Waals surface area (Å²) in [6, 6.07) is 11.0. The maximum Gasteiger partial charge on any atom is 0.269 e. The van der Waals surface area contributed by atoms with E-state index >= 15 is 0 Å². The summed E-state index contributed by atoms with van der Waals surface area (Å²) < 4.78 is 10.9. The van der Waals surface area contributed by atoms with Gasteiger partial charge in [-0.1, -0.05) is 22.8 Å². The van der Waals surface area contributed by atoms with Gasteiger partial charge in [-0.15, -0.1) is 0 Å². The van der Waals surface area contributed by atoms with Gasteiger partial charge in [-0.2, -0.15) is 0 Å². The molecular formula is C21H20ClN3O5. The van der Waals surface area contributed by atoms with E-state index in [2.05, 4.69) is 5.16 Å². The van der Waals surface area contributed by atoms with E-state index in [0.717, 1.165) is 11.3 Å². The molecule has 156 valence electrons. The van der Waals surface area contributed by atoms with E-state index in [9.17, 15) is 14.9 Å². The molecule has 8 nitrogen and oxygen atoms in total. The number of carbonyl (C=O) groups is 1. The molecule has 0 atom stereocenters. The molecule has 2 aromatic carbocycles. The van der Waals surface area contributed by atoms with Gasteiger partial charge in [0, 0.05) is 36.3 Å². The minimum absolute atomic E-state index is 0.0787. The summed E-state index contributed by atoms with van der Waals surface area (Å²) in [6.07, 6.45) is 0. The summed E-state index contributed by atoms with van der Waals surface area (Å²) in [5.74, 6) is 0.955. The Morgan fingerprint density at radius 1 is 1.27 bits per heavy atom. The van der Waals surface area contributed by atoms with E-state index in [1.165, 1.54) is 23.1 Å². The molecule has 9 heteroatoms. The van der Waals surface area contributed by atoms with Crippen LogP contribution in [0.25, 0.3) is 0 Å². The molecule has 0 unspecified atom stereocenters. The first-order valence-corrected chi connectivity index (χ1v) is 9.47. The zero-order valence-corrected chi connectivity index (χ0v) is 17.5. The molecule has 1 heterocycles. The van der Waals surface area contributed by atoms with Crippen molar-refractivity contribution in [2.75, 3.05) is 7.05 Å². The van der Waals surface area contributed by atoms with Crippen molar-refractivity contribution in [3.8, 4) is 5.75 Å². The van der Waals surface area contributed by atoms with Gasteiger partial charge in [0.15, 0.2) is 0 Å². The summed E-state index contributed by atoms with van der Waals surface area (Å²) >= 11 is 6.14. The summed E-state index contributed by atoms with van der Waals surface area (Å²) in [5.41, 5.74) is 2.46. The van der Waals surface area contributed by atoms with Crippen LogP contribution < -0.4 is 4.74 Å². The number of hydrogen-bond acceptors (Lipinski definition) is 6. The van der Waals surface area contributed by atoms with Crippen molar-refractivity contribution in [3.63, 3.8) is 0 Å². The Hall–Kier alpha value is -3.39. The number of rotatable bonds is 7. The normalized spacial score (nSPS) is 10.7. The Morgan fingerprint density at radius 2 is 2.03 bits per heavy atom. The molecule has 0 bridgehead atoms. The topological polar surface area (TPSA) is 98.7 Å². The van der Waals surface area contributed by atoms with Gasteiger partial charge in [-0.25, -0.2) is 0 Å². The fourth-order valence-corrected chi connectivity index (χ4v) is 3.10. The molecular weight excluding hydrogens is 410 g/mol. The van der Waals surface area contributed by atoms with Crippen LogP contribution in [0.1, 0.15) is 32.9 Å². The number of nitro groups is 1. The second-order valence-corrected chi connectivity index (χ2v) is 7.22. The average Bonchev–Trinajstić information content (AvgIpc) is 3.05. The largest absolute Gasteiger partial charge is 0.489 e. The average molecular weight is 430 g/mol. The molecule has 0 N–H and O–H groups in total. The lowest BCUT2D eigenvalue weighted by Gasteiger charge is -2.18. The van der Waals surface area contributed by atoms with Gasteiger partial charge in [-0.3, -0.25) is 14.9 Å². The molecule has 3 aromatic rings. The van der Waals surface area contributed by atoms with Crippen molar-refractivity contribution < 1.29 is 19.0 Å². The lowest BCUT2D eigenvalue weighted by Crippen LogP contribution is -2.26. The van der Waals surface area contributed by atoms with Crippen molar-refractivity contribution >= 4 is 23.2 Å². The molecule has 0 fully saturated rings. The van der Waals surface area contributed by atoms with E-state index < -0.39 is 4.92 Å². The van der Waals surface area contributed by atoms with E-state index in [1.807, 2.05) is 13.8 Å². The summed E-state index contributed by atoms with van der Waals surface area (Å²) in [5, 5.41) is 15.2. The number of aromatic nitrogens is 1. The highest BCUT2D eigenvalue weighted by atomic mass is 35.5. The number of ether oxygens (including phenoxy) is 1. The van der Waals surface area contributed by atoms with Crippen LogP contribution in [0.5, 0.6) is 5.75 Å². The highest BCUT2D eigenvalue weighted by Crippen LogP contribution is 2.24. The van der Waals surface area contributed by atoms with Gasteiger partial charge in [0.25, 0.3) is 11.6 Å². The van der Waals surface area contributed by atoms with Crippen LogP contribution >= 0.6 is 11.6 Å². The summed E-state index contributed by atoms with van der Waals surface area (Å²) in [7, 11) is 1.61. The number of nitro benzene ring substituents is 1. The Labute approximate surface area is 178 Å². The third kappa shape index (κ3) is 4.77. The Bertz CT molecular complexity index is 1080. The predicted octanol–water partition coefficient (Wildman–Crippen LogP) is 4.70. The summed E-state index contributed by atoms with van der Waals surface area (Å²) in [4.78, 5) is 24.8. The van der Waals surface area contributed by atoms with Crippen LogP contribution in [0.2, 0.25) is 5.02 Å². The molecule has 0 saturated heterocycles. The first kappa shape index (κ1) is 21.3. The fourth-order valence-electron chi connectivity index (χ4n) is 2.93. The number of hydrogen-bond donors (Lipinski definition) is 0. The van der Waals surface area contributed by atoms with Crippen LogP contribution in [-0.4, -0.2) is 27.9 Å². The highest BCUT2D eigenvalue weighted by Gasteiger charge is 2.17. The van der Waals surface area contributed by atoms with Crippen LogP contribution in [0.3, 0.4) is 0 Å². The van der Waals surface area contributed by atoms with E-state index in [4.69, 9.17) is 20.9 Å². The first-order chi connectivity index (χ1) is 14.3. The van der Waals surface area contributed by atoms with Crippen molar-refractivity contribution in [2.45, 2.75) is 27.0 Å². The number of non-ortho nitro benzene ring substituents is 1. The monoisotopic (exact) mass is 429 g/mol. The van der Waals surface area contributed by atoms with Crippen molar-refractivity contribution in [3.05, 3.63) is 85.7 Å². The number of amides is 1. The first-order valence-electron chi connectivity index (χ1n) is 9.09. The molecule has 0 aliphatic heterocycles. The van der Waals surface area contributed by atoms with Gasteiger partial charge in [0.1, 0.15) is 18.1 Å². The number of carbonyl (C=O) groups excluding carboxylic acids is 1. The molecule has 1 amide bonds. The zero-order valence-electron chi connectivity index (χ0n) is 16.7. The second kappa shape index (κ2) is 8.96. The van der Waals surface area contributed by atoms with Gasteiger partial charge < -0.3 is 14.2 Å². The lowest BCUT2D eigenvalue weighted by atomic mass is 10.1. The molecule has 0 aliphatic rings. The molecule has 3 rings (SSSR count). The van der Waals surface area contributed by atoms with Crippen molar-refractivity contribution in [2.24, 2.45) is 0 Å². The van der Waals surface area contributed by atoms with E-state index in [-0.39, 0.29) is 24.7 Å². The molecule has 0 spiro atoms. The minimum Gasteiger partial charge on any atom is -0.489 e. The number of benzene rings is 2. The molecule has 0 aliphatic carbocycles. The summed E-state index contributed by atoms with van der Waals surface area (Å²) in [6.45, 7) is 4.05. The molecule has 0 radical (unpaired) electrons. The molecule has 0 saturated carbocycles. The third-order valence-electron chi connectivity index (χ3n) is 4.64.